The van der Waals surface area contributed by atoms with Crippen LogP contribution in [0.5, 0.6) is 5.75 Å². The maximum atomic E-state index is 6.04. The molecular weight excluding hydrogens is 332 g/mol. The van der Waals surface area contributed by atoms with Gasteiger partial charge in [0.2, 0.25) is 0 Å². The molecule has 1 heterocycles. The van der Waals surface area contributed by atoms with Crippen LogP contribution in [0.2, 0.25) is 0 Å². The molecular formula is C24H24N2O. The first-order chi connectivity index (χ1) is 13.2. The van der Waals surface area contributed by atoms with Gasteiger partial charge in [0.25, 0.3) is 0 Å². The molecule has 4 rings (SSSR count). The van der Waals surface area contributed by atoms with Gasteiger partial charge < -0.3 is 9.30 Å². The fourth-order valence-electron chi connectivity index (χ4n) is 3.45. The van der Waals surface area contributed by atoms with Gasteiger partial charge in [0.1, 0.15) is 18.2 Å². The van der Waals surface area contributed by atoms with Crippen LogP contribution in [0.1, 0.15) is 22.5 Å². The number of imidazole rings is 1. The molecule has 0 spiro atoms. The smallest absolute Gasteiger partial charge is 0.122 e. The van der Waals surface area contributed by atoms with Crippen LogP contribution in [0.4, 0.5) is 0 Å². The lowest BCUT2D eigenvalue weighted by Gasteiger charge is -2.13. The van der Waals surface area contributed by atoms with Crippen molar-refractivity contribution < 1.29 is 4.74 Å². The summed E-state index contributed by atoms with van der Waals surface area (Å²) in [5, 5.41) is 0. The van der Waals surface area contributed by atoms with Crippen LogP contribution in [0.15, 0.2) is 72.8 Å². The monoisotopic (exact) mass is 356 g/mol. The highest BCUT2D eigenvalue weighted by atomic mass is 16.5. The summed E-state index contributed by atoms with van der Waals surface area (Å²) >= 11 is 0. The van der Waals surface area contributed by atoms with Crippen LogP contribution in [0.3, 0.4) is 0 Å². The highest BCUT2D eigenvalue weighted by Gasteiger charge is 2.12. The van der Waals surface area contributed by atoms with E-state index in [1.165, 1.54) is 11.1 Å². The van der Waals surface area contributed by atoms with Crippen molar-refractivity contribution in [2.45, 2.75) is 26.8 Å². The van der Waals surface area contributed by atoms with E-state index in [4.69, 9.17) is 9.72 Å². The molecule has 1 aromatic heterocycles. The Labute approximate surface area is 160 Å². The molecule has 0 bridgehead atoms. The molecule has 0 saturated heterocycles. The molecule has 4 aromatic rings. The first-order valence-corrected chi connectivity index (χ1v) is 9.39. The first-order valence-electron chi connectivity index (χ1n) is 9.39. The van der Waals surface area contributed by atoms with Crippen molar-refractivity contribution in [3.63, 3.8) is 0 Å². The third kappa shape index (κ3) is 3.72. The predicted molar refractivity (Wildman–Crippen MR) is 110 cm³/mol. The van der Waals surface area contributed by atoms with Crippen molar-refractivity contribution >= 4 is 11.0 Å². The van der Waals surface area contributed by atoms with E-state index in [1.807, 2.05) is 24.3 Å². The Morgan fingerprint density at radius 2 is 1.52 bits per heavy atom. The van der Waals surface area contributed by atoms with Crippen molar-refractivity contribution in [1.82, 2.24) is 9.55 Å². The van der Waals surface area contributed by atoms with E-state index in [0.717, 1.165) is 41.1 Å². The molecule has 0 saturated carbocycles. The zero-order valence-electron chi connectivity index (χ0n) is 15.9. The quantitative estimate of drug-likeness (QED) is 0.467. The van der Waals surface area contributed by atoms with Crippen LogP contribution in [-0.4, -0.2) is 16.2 Å². The Bertz CT molecular complexity index is 1060. The van der Waals surface area contributed by atoms with E-state index in [2.05, 4.69) is 66.9 Å². The zero-order chi connectivity index (χ0) is 18.6. The summed E-state index contributed by atoms with van der Waals surface area (Å²) in [5.74, 6) is 2.03. The van der Waals surface area contributed by atoms with Gasteiger partial charge in [0.15, 0.2) is 0 Å². The van der Waals surface area contributed by atoms with Gasteiger partial charge in [-0.2, -0.15) is 0 Å². The number of rotatable bonds is 6. The summed E-state index contributed by atoms with van der Waals surface area (Å²) in [6.07, 6.45) is 0.825. The minimum atomic E-state index is 0.617. The number of aryl methyl sites for hydroxylation is 2. The van der Waals surface area contributed by atoms with Gasteiger partial charge in [-0.25, -0.2) is 4.98 Å². The Kier molecular flexibility index (Phi) is 4.93. The van der Waals surface area contributed by atoms with Gasteiger partial charge >= 0.3 is 0 Å². The third-order valence-electron chi connectivity index (χ3n) is 5.01. The Balaban J connectivity index is 1.60. The number of ether oxygens (including phenoxy) is 1. The fraction of sp³-hybridized carbons (Fsp3) is 0.208. The molecule has 0 fully saturated rings. The summed E-state index contributed by atoms with van der Waals surface area (Å²) in [7, 11) is 0. The van der Waals surface area contributed by atoms with E-state index in [-0.39, 0.29) is 0 Å². The summed E-state index contributed by atoms with van der Waals surface area (Å²) in [4.78, 5) is 4.90. The summed E-state index contributed by atoms with van der Waals surface area (Å²) in [5.41, 5.74) is 5.97. The van der Waals surface area contributed by atoms with E-state index in [0.29, 0.717) is 6.61 Å². The molecule has 0 unspecified atom stereocenters. The van der Waals surface area contributed by atoms with Gasteiger partial charge in [-0.15, -0.1) is 0 Å². The Hall–Kier alpha value is -3.07. The maximum Gasteiger partial charge on any atom is 0.122 e. The fourth-order valence-corrected chi connectivity index (χ4v) is 3.45. The topological polar surface area (TPSA) is 27.1 Å². The summed E-state index contributed by atoms with van der Waals surface area (Å²) in [6.45, 7) is 5.62. The van der Waals surface area contributed by atoms with Crippen molar-refractivity contribution in [3.8, 4) is 5.75 Å². The normalized spacial score (nSPS) is 11.0. The number of hydrogen-bond donors (Lipinski definition) is 0. The lowest BCUT2D eigenvalue weighted by Crippen LogP contribution is -2.12. The molecule has 27 heavy (non-hydrogen) atoms. The predicted octanol–water partition coefficient (Wildman–Crippen LogP) is 5.32. The van der Waals surface area contributed by atoms with E-state index < -0.39 is 0 Å². The van der Waals surface area contributed by atoms with Crippen molar-refractivity contribution in [2.24, 2.45) is 0 Å². The van der Waals surface area contributed by atoms with Gasteiger partial charge in [0, 0.05) is 6.42 Å². The molecule has 3 nitrogen and oxygen atoms in total. The third-order valence-corrected chi connectivity index (χ3v) is 5.01. The number of fused-ring (bicyclic) bond motifs is 1. The van der Waals surface area contributed by atoms with Crippen LogP contribution in [0, 0.1) is 13.8 Å². The average Bonchev–Trinajstić information content (AvgIpc) is 3.02. The van der Waals surface area contributed by atoms with Crippen LogP contribution < -0.4 is 4.74 Å². The molecule has 0 aliphatic heterocycles. The second-order valence-corrected chi connectivity index (χ2v) is 6.89. The number of nitrogens with zero attached hydrogens (tertiary/aromatic N) is 2. The zero-order valence-corrected chi connectivity index (χ0v) is 15.9. The first kappa shape index (κ1) is 17.3. The van der Waals surface area contributed by atoms with Gasteiger partial charge in [-0.3, -0.25) is 0 Å². The van der Waals surface area contributed by atoms with Gasteiger partial charge in [0.05, 0.1) is 17.6 Å². The lowest BCUT2D eigenvalue weighted by molar-refractivity contribution is 0.296. The van der Waals surface area contributed by atoms with Crippen molar-refractivity contribution in [2.75, 3.05) is 6.61 Å². The summed E-state index contributed by atoms with van der Waals surface area (Å²) in [6, 6.07) is 25.0. The standard InChI is InChI=1S/C24H24N2O/c1-18-9-3-5-11-20(18)17-24-25-21-12-6-7-13-22(21)26(24)15-16-27-23-14-8-4-10-19(23)2/h3-14H,15-17H2,1-2H3. The molecule has 0 aliphatic rings. The largest absolute Gasteiger partial charge is 0.491 e. The van der Waals surface area contributed by atoms with Gasteiger partial charge in [-0.1, -0.05) is 54.6 Å². The molecule has 3 heteroatoms. The minimum Gasteiger partial charge on any atom is -0.491 e. The molecule has 136 valence electrons. The van der Waals surface area contributed by atoms with Crippen molar-refractivity contribution in [1.29, 1.82) is 0 Å². The second-order valence-electron chi connectivity index (χ2n) is 6.89. The number of hydrogen-bond acceptors (Lipinski definition) is 2. The Morgan fingerprint density at radius 1 is 0.815 bits per heavy atom. The SMILES string of the molecule is Cc1ccccc1Cc1nc2ccccc2n1CCOc1ccccc1C. The number of aromatic nitrogens is 2. The van der Waals surface area contributed by atoms with E-state index >= 15 is 0 Å². The average molecular weight is 356 g/mol. The molecule has 0 atom stereocenters. The lowest BCUT2D eigenvalue weighted by atomic mass is 10.1. The van der Waals surface area contributed by atoms with Gasteiger partial charge in [-0.05, 0) is 48.7 Å². The van der Waals surface area contributed by atoms with Crippen LogP contribution in [0.25, 0.3) is 11.0 Å². The van der Waals surface area contributed by atoms with E-state index in [9.17, 15) is 0 Å². The number of para-hydroxylation sites is 3. The van der Waals surface area contributed by atoms with Crippen LogP contribution >= 0.6 is 0 Å². The highest BCUT2D eigenvalue weighted by molar-refractivity contribution is 5.76. The minimum absolute atomic E-state index is 0.617. The molecule has 0 N–H and O–H groups in total. The maximum absolute atomic E-state index is 6.04. The van der Waals surface area contributed by atoms with Crippen molar-refractivity contribution in [3.05, 3.63) is 95.3 Å². The van der Waals surface area contributed by atoms with E-state index in [1.54, 1.807) is 0 Å². The summed E-state index contributed by atoms with van der Waals surface area (Å²) < 4.78 is 8.33. The molecule has 3 aromatic carbocycles. The molecule has 0 radical (unpaired) electrons. The molecule has 0 amide bonds. The number of benzene rings is 3. The van der Waals surface area contributed by atoms with Crippen LogP contribution in [-0.2, 0) is 13.0 Å². The molecule has 0 aliphatic carbocycles. The second kappa shape index (κ2) is 7.67. The Morgan fingerprint density at radius 3 is 2.33 bits per heavy atom. The highest BCUT2D eigenvalue weighted by Crippen LogP contribution is 2.21.